The minimum Gasteiger partial charge on any atom is -0.386 e. The zero-order valence-corrected chi connectivity index (χ0v) is 11.6. The van der Waals surface area contributed by atoms with E-state index in [0.29, 0.717) is 5.56 Å². The van der Waals surface area contributed by atoms with Gasteiger partial charge in [0.2, 0.25) is 0 Å². The van der Waals surface area contributed by atoms with Crippen LogP contribution in [-0.2, 0) is 9.84 Å². The van der Waals surface area contributed by atoms with Crippen molar-refractivity contribution in [1.82, 2.24) is 0 Å². The van der Waals surface area contributed by atoms with Crippen LogP contribution in [0.15, 0.2) is 24.3 Å². The Morgan fingerprint density at radius 3 is 2.44 bits per heavy atom. The predicted octanol–water partition coefficient (Wildman–Crippen LogP) is 2.18. The molecule has 0 aliphatic heterocycles. The second-order valence-electron chi connectivity index (χ2n) is 3.60. The fraction of sp³-hybridized carbons (Fsp3) is 0.455. The highest BCUT2D eigenvalue weighted by molar-refractivity contribution is 9.11. The molecule has 1 aromatic carbocycles. The van der Waals surface area contributed by atoms with Crippen molar-refractivity contribution in [2.45, 2.75) is 24.1 Å². The molecule has 5 heteroatoms. The Morgan fingerprint density at radius 1 is 1.38 bits per heavy atom. The molecule has 0 saturated carbocycles. The van der Waals surface area contributed by atoms with Gasteiger partial charge in [-0.25, -0.2) is 8.42 Å². The van der Waals surface area contributed by atoms with Gasteiger partial charge in [-0.15, -0.1) is 0 Å². The van der Waals surface area contributed by atoms with Crippen LogP contribution in [0, 0.1) is 6.92 Å². The van der Waals surface area contributed by atoms with Gasteiger partial charge >= 0.3 is 0 Å². The number of hydrogen-bond donors (Lipinski definition) is 1. The largest absolute Gasteiger partial charge is 0.386 e. The normalized spacial score (nSPS) is 15.8. The summed E-state index contributed by atoms with van der Waals surface area (Å²) in [6, 6.07) is 7.21. The highest BCUT2D eigenvalue weighted by Crippen LogP contribution is 2.28. The van der Waals surface area contributed by atoms with Gasteiger partial charge in [-0.05, 0) is 18.1 Å². The van der Waals surface area contributed by atoms with Crippen molar-refractivity contribution < 1.29 is 13.5 Å². The van der Waals surface area contributed by atoms with E-state index in [4.69, 9.17) is 0 Å². The molecule has 2 atom stereocenters. The summed E-state index contributed by atoms with van der Waals surface area (Å²) in [5, 5.41) is 10.0. The first-order valence-electron chi connectivity index (χ1n) is 4.99. The summed E-state index contributed by atoms with van der Waals surface area (Å²) in [6.07, 6.45) is -1.04. The van der Waals surface area contributed by atoms with Crippen LogP contribution < -0.4 is 0 Å². The number of sulfone groups is 1. The van der Waals surface area contributed by atoms with Gasteiger partial charge in [0, 0.05) is 5.75 Å². The lowest BCUT2D eigenvalue weighted by atomic mass is 10.1. The van der Waals surface area contributed by atoms with Crippen LogP contribution in [0.2, 0.25) is 0 Å². The average Bonchev–Trinajstić information content (AvgIpc) is 2.27. The zero-order chi connectivity index (χ0) is 12.3. The topological polar surface area (TPSA) is 54.4 Å². The molecule has 1 rings (SSSR count). The molecule has 0 heterocycles. The fourth-order valence-corrected chi connectivity index (χ4v) is 3.35. The molecule has 16 heavy (non-hydrogen) atoms. The summed E-state index contributed by atoms with van der Waals surface area (Å²) in [6.45, 7) is 3.41. The van der Waals surface area contributed by atoms with E-state index in [2.05, 4.69) is 15.9 Å². The maximum atomic E-state index is 11.6. The Labute approximate surface area is 105 Å². The SMILES string of the molecule is CCS(=O)(=O)[C@H](Br)[C@@H](O)c1ccccc1C. The average molecular weight is 307 g/mol. The fourth-order valence-electron chi connectivity index (χ4n) is 1.42. The van der Waals surface area contributed by atoms with Crippen LogP contribution in [0.3, 0.4) is 0 Å². The van der Waals surface area contributed by atoms with Gasteiger partial charge in [0.1, 0.15) is 10.3 Å². The lowest BCUT2D eigenvalue weighted by Gasteiger charge is -2.19. The summed E-state index contributed by atoms with van der Waals surface area (Å²) in [5.74, 6) is 0.00581. The van der Waals surface area contributed by atoms with Crippen molar-refractivity contribution in [3.63, 3.8) is 0 Å². The van der Waals surface area contributed by atoms with Gasteiger partial charge < -0.3 is 5.11 Å². The number of hydrogen-bond acceptors (Lipinski definition) is 3. The highest BCUT2D eigenvalue weighted by atomic mass is 79.9. The van der Waals surface area contributed by atoms with E-state index in [1.54, 1.807) is 19.1 Å². The molecule has 1 N–H and O–H groups in total. The molecule has 0 unspecified atom stereocenters. The Hall–Kier alpha value is -0.390. The molecule has 90 valence electrons. The molecular formula is C11H15BrO3S. The number of benzene rings is 1. The molecule has 1 aromatic rings. The number of aliphatic hydroxyl groups is 1. The predicted molar refractivity (Wildman–Crippen MR) is 68.3 cm³/mol. The second-order valence-corrected chi connectivity index (χ2v) is 7.61. The van der Waals surface area contributed by atoms with Crippen molar-refractivity contribution in [3.8, 4) is 0 Å². The van der Waals surface area contributed by atoms with E-state index in [9.17, 15) is 13.5 Å². The second kappa shape index (κ2) is 5.29. The third-order valence-electron chi connectivity index (χ3n) is 2.50. The first-order chi connectivity index (χ1) is 7.40. The van der Waals surface area contributed by atoms with Gasteiger partial charge in [0.15, 0.2) is 9.84 Å². The van der Waals surface area contributed by atoms with Crippen LogP contribution >= 0.6 is 15.9 Å². The van der Waals surface area contributed by atoms with E-state index in [0.717, 1.165) is 5.56 Å². The summed E-state index contributed by atoms with van der Waals surface area (Å²) < 4.78 is 22.3. The van der Waals surface area contributed by atoms with Crippen LogP contribution in [-0.4, -0.2) is 23.4 Å². The molecule has 0 amide bonds. The third-order valence-corrected chi connectivity index (χ3v) is 6.46. The minimum atomic E-state index is -3.30. The van der Waals surface area contributed by atoms with Gasteiger partial charge in [-0.2, -0.15) is 0 Å². The van der Waals surface area contributed by atoms with E-state index in [1.165, 1.54) is 0 Å². The van der Waals surface area contributed by atoms with Crippen LogP contribution in [0.1, 0.15) is 24.2 Å². The van der Waals surface area contributed by atoms with Crippen LogP contribution in [0.5, 0.6) is 0 Å². The molecule has 0 aliphatic rings. The van der Waals surface area contributed by atoms with Crippen molar-refractivity contribution in [2.24, 2.45) is 0 Å². The Kier molecular flexibility index (Phi) is 4.52. The monoisotopic (exact) mass is 306 g/mol. The number of aryl methyl sites for hydroxylation is 1. The van der Waals surface area contributed by atoms with Crippen LogP contribution in [0.4, 0.5) is 0 Å². The first-order valence-corrected chi connectivity index (χ1v) is 7.62. The Bertz CT molecular complexity index is 456. The molecule has 0 bridgehead atoms. The lowest BCUT2D eigenvalue weighted by Crippen LogP contribution is -2.24. The Morgan fingerprint density at radius 2 is 1.94 bits per heavy atom. The molecular weight excluding hydrogens is 292 g/mol. The smallest absolute Gasteiger partial charge is 0.165 e. The van der Waals surface area contributed by atoms with Crippen molar-refractivity contribution in [1.29, 1.82) is 0 Å². The molecule has 0 saturated heterocycles. The molecule has 0 fully saturated rings. The maximum Gasteiger partial charge on any atom is 0.165 e. The summed E-state index contributed by atoms with van der Waals surface area (Å²) in [7, 11) is -3.30. The number of halogens is 1. The van der Waals surface area contributed by atoms with Crippen molar-refractivity contribution in [2.75, 3.05) is 5.75 Å². The molecule has 0 spiro atoms. The Balaban J connectivity index is 3.04. The van der Waals surface area contributed by atoms with Crippen molar-refractivity contribution in [3.05, 3.63) is 35.4 Å². The summed E-state index contributed by atoms with van der Waals surface area (Å²) in [5.41, 5.74) is 1.52. The first kappa shape index (κ1) is 13.7. The van der Waals surface area contributed by atoms with E-state index in [-0.39, 0.29) is 5.75 Å². The molecule has 0 aromatic heterocycles. The van der Waals surface area contributed by atoms with E-state index < -0.39 is 20.1 Å². The zero-order valence-electron chi connectivity index (χ0n) is 9.22. The van der Waals surface area contributed by atoms with Gasteiger partial charge in [-0.1, -0.05) is 47.1 Å². The third kappa shape index (κ3) is 2.84. The quantitative estimate of drug-likeness (QED) is 0.868. The summed E-state index contributed by atoms with van der Waals surface area (Å²) >= 11 is 3.06. The molecule has 0 aliphatic carbocycles. The maximum absolute atomic E-state index is 11.6. The number of aliphatic hydroxyl groups excluding tert-OH is 1. The van der Waals surface area contributed by atoms with Crippen LogP contribution in [0.25, 0.3) is 0 Å². The summed E-state index contributed by atoms with van der Waals surface area (Å²) in [4.78, 5) is 0. The van der Waals surface area contributed by atoms with Gasteiger partial charge in [0.05, 0.1) is 0 Å². The number of alkyl halides is 1. The van der Waals surface area contributed by atoms with Gasteiger partial charge in [-0.3, -0.25) is 0 Å². The van der Waals surface area contributed by atoms with E-state index >= 15 is 0 Å². The molecule has 0 radical (unpaired) electrons. The van der Waals surface area contributed by atoms with Crippen molar-refractivity contribution >= 4 is 25.8 Å². The highest BCUT2D eigenvalue weighted by Gasteiger charge is 2.30. The standard InChI is InChI=1S/C11H15BrO3S/c1-3-16(14,15)11(12)10(13)9-7-5-4-6-8(9)2/h4-7,10-11,13H,3H2,1-2H3/t10-,11-/m0/s1. The lowest BCUT2D eigenvalue weighted by molar-refractivity contribution is 0.194. The molecule has 3 nitrogen and oxygen atoms in total. The minimum absolute atomic E-state index is 0.00581. The van der Waals surface area contributed by atoms with E-state index in [1.807, 2.05) is 19.1 Å². The number of rotatable bonds is 4. The van der Waals surface area contributed by atoms with Gasteiger partial charge in [0.25, 0.3) is 0 Å².